The number of esters is 1. The molecule has 1 aromatic heterocycles. The van der Waals surface area contributed by atoms with E-state index in [1.54, 1.807) is 24.3 Å². The van der Waals surface area contributed by atoms with Crippen molar-refractivity contribution in [1.82, 2.24) is 0 Å². The van der Waals surface area contributed by atoms with E-state index in [9.17, 15) is 18.8 Å². The van der Waals surface area contributed by atoms with Crippen LogP contribution < -0.4 is 10.6 Å². The molecule has 5 rings (SSSR count). The number of methoxy groups -OCH3 is 1. The Morgan fingerprint density at radius 2 is 1.76 bits per heavy atom. The summed E-state index contributed by atoms with van der Waals surface area (Å²) in [5.74, 6) is -1.39. The minimum atomic E-state index is -0.655. The van der Waals surface area contributed by atoms with Crippen molar-refractivity contribution in [3.63, 3.8) is 0 Å². The third-order valence-electron chi connectivity index (χ3n) is 6.94. The Morgan fingerprint density at radius 1 is 1.00 bits per heavy atom. The third-order valence-corrected chi connectivity index (χ3v) is 9.36. The second-order valence-electron chi connectivity index (χ2n) is 9.91. The predicted octanol–water partition coefficient (Wildman–Crippen LogP) is 7.52. The number of carbonyl (C=O) groups excluding carboxylic acids is 3. The van der Waals surface area contributed by atoms with Crippen molar-refractivity contribution in [3.05, 3.63) is 112 Å². The van der Waals surface area contributed by atoms with Gasteiger partial charge in [0.1, 0.15) is 16.1 Å². The van der Waals surface area contributed by atoms with Crippen molar-refractivity contribution in [2.24, 2.45) is 5.92 Å². The molecule has 9 heteroatoms. The third kappa shape index (κ3) is 6.52. The van der Waals surface area contributed by atoms with Gasteiger partial charge in [-0.3, -0.25) is 9.59 Å². The molecule has 2 N–H and O–H groups in total. The number of nitrogens with one attached hydrogen (secondary N) is 2. The number of benzene rings is 3. The highest BCUT2D eigenvalue weighted by atomic mass is 32.2. The number of carbonyl (C=O) groups is 3. The van der Waals surface area contributed by atoms with Crippen LogP contribution >= 0.6 is 23.1 Å². The molecule has 0 saturated heterocycles. The summed E-state index contributed by atoms with van der Waals surface area (Å²) in [5.41, 5.74) is 2.62. The van der Waals surface area contributed by atoms with Gasteiger partial charge in [-0.25, -0.2) is 9.18 Å². The first-order chi connectivity index (χ1) is 19.8. The average Bonchev–Trinajstić information content (AvgIpc) is 3.32. The normalized spacial score (nSPS) is 15.0. The Balaban J connectivity index is 1.41. The van der Waals surface area contributed by atoms with Crippen LogP contribution in [-0.4, -0.2) is 24.9 Å². The molecule has 3 aromatic carbocycles. The molecular weight excluding hydrogens is 559 g/mol. The standard InChI is InChI=1S/C32H29FN2O4S2/c1-19-15-16-24-26(17-19)41-31(27(24)32(38)39-2)35-30(37)28(20-9-4-3-5-10-20)40-22-12-8-11-21(18-22)34-29(36)23-13-6-7-14-25(23)33/h3-14,18-19,28H,15-17H2,1-2H3,(H,34,36)(H,35,37). The predicted molar refractivity (Wildman–Crippen MR) is 161 cm³/mol. The van der Waals surface area contributed by atoms with Gasteiger partial charge < -0.3 is 15.4 Å². The SMILES string of the molecule is COC(=O)c1c(NC(=O)C(Sc2cccc(NC(=O)c3ccccc3F)c2)c2ccccc2)sc2c1CCC(C)C2. The summed E-state index contributed by atoms with van der Waals surface area (Å²) in [6, 6.07) is 22.2. The van der Waals surface area contributed by atoms with E-state index in [4.69, 9.17) is 4.74 Å². The quantitative estimate of drug-likeness (QED) is 0.164. The molecule has 0 spiro atoms. The zero-order valence-corrected chi connectivity index (χ0v) is 24.2. The van der Waals surface area contributed by atoms with Crippen molar-refractivity contribution in [2.45, 2.75) is 36.3 Å². The topological polar surface area (TPSA) is 84.5 Å². The largest absolute Gasteiger partial charge is 0.465 e. The summed E-state index contributed by atoms with van der Waals surface area (Å²) in [6.07, 6.45) is 2.62. The minimum Gasteiger partial charge on any atom is -0.465 e. The van der Waals surface area contributed by atoms with Gasteiger partial charge in [0.2, 0.25) is 5.91 Å². The van der Waals surface area contributed by atoms with Gasteiger partial charge in [0.25, 0.3) is 5.91 Å². The average molecular weight is 589 g/mol. The highest BCUT2D eigenvalue weighted by Crippen LogP contribution is 2.42. The number of hydrogen-bond donors (Lipinski definition) is 2. The summed E-state index contributed by atoms with van der Waals surface area (Å²) in [4.78, 5) is 41.1. The van der Waals surface area contributed by atoms with Crippen LogP contribution in [0.1, 0.15) is 55.3 Å². The molecule has 0 aliphatic heterocycles. The fourth-order valence-corrected chi connectivity index (χ4v) is 7.35. The van der Waals surface area contributed by atoms with Gasteiger partial charge in [-0.2, -0.15) is 0 Å². The molecule has 2 unspecified atom stereocenters. The molecule has 0 bridgehead atoms. The Bertz CT molecular complexity index is 1590. The molecule has 0 fully saturated rings. The van der Waals surface area contributed by atoms with Crippen LogP contribution in [0.5, 0.6) is 0 Å². The van der Waals surface area contributed by atoms with Gasteiger partial charge in [-0.15, -0.1) is 23.1 Å². The van der Waals surface area contributed by atoms with Crippen molar-refractivity contribution in [1.29, 1.82) is 0 Å². The number of fused-ring (bicyclic) bond motifs is 1. The van der Waals surface area contributed by atoms with Gasteiger partial charge in [0.15, 0.2) is 0 Å². The molecule has 2 amide bonds. The van der Waals surface area contributed by atoms with Gasteiger partial charge in [-0.05, 0) is 66.6 Å². The Kier molecular flexibility index (Phi) is 8.85. The zero-order chi connectivity index (χ0) is 28.9. The van der Waals surface area contributed by atoms with Crippen LogP contribution in [0.4, 0.5) is 15.1 Å². The van der Waals surface area contributed by atoms with Gasteiger partial charge in [0, 0.05) is 15.5 Å². The smallest absolute Gasteiger partial charge is 0.341 e. The molecule has 6 nitrogen and oxygen atoms in total. The summed E-state index contributed by atoms with van der Waals surface area (Å²) >= 11 is 2.76. The Morgan fingerprint density at radius 3 is 2.51 bits per heavy atom. The number of anilines is 2. The van der Waals surface area contributed by atoms with Gasteiger partial charge >= 0.3 is 5.97 Å². The molecule has 0 saturated carbocycles. The Labute approximate surface area is 246 Å². The number of thiophene rings is 1. The number of amides is 2. The second-order valence-corrected chi connectivity index (χ2v) is 12.2. The number of thioether (sulfide) groups is 1. The summed E-state index contributed by atoms with van der Waals surface area (Å²) < 4.78 is 19.2. The molecule has 1 aliphatic carbocycles. The highest BCUT2D eigenvalue weighted by Gasteiger charge is 2.31. The first-order valence-corrected chi connectivity index (χ1v) is 14.9. The van der Waals surface area contributed by atoms with Gasteiger partial charge in [0.05, 0.1) is 18.2 Å². The van der Waals surface area contributed by atoms with Crippen LogP contribution in [-0.2, 0) is 22.4 Å². The maximum atomic E-state index is 14.1. The van der Waals surface area contributed by atoms with E-state index < -0.39 is 22.9 Å². The fourth-order valence-electron chi connectivity index (χ4n) is 4.86. The minimum absolute atomic E-state index is 0.0541. The maximum Gasteiger partial charge on any atom is 0.341 e. The van der Waals surface area contributed by atoms with E-state index in [-0.39, 0.29) is 11.5 Å². The van der Waals surface area contributed by atoms with E-state index in [0.717, 1.165) is 40.2 Å². The summed E-state index contributed by atoms with van der Waals surface area (Å²) in [5, 5.41) is 5.63. The van der Waals surface area contributed by atoms with Crippen LogP contribution in [0.15, 0.2) is 83.8 Å². The summed E-state index contributed by atoms with van der Waals surface area (Å²) in [6.45, 7) is 2.19. The van der Waals surface area contributed by atoms with Crippen LogP contribution in [0, 0.1) is 11.7 Å². The lowest BCUT2D eigenvalue weighted by Gasteiger charge is -2.18. The lowest BCUT2D eigenvalue weighted by atomic mass is 9.88. The molecule has 210 valence electrons. The number of rotatable bonds is 8. The number of ether oxygens (including phenoxy) is 1. The zero-order valence-electron chi connectivity index (χ0n) is 22.6. The maximum absolute atomic E-state index is 14.1. The van der Waals surface area contributed by atoms with E-state index >= 15 is 0 Å². The molecular formula is C32H29FN2O4S2. The molecule has 0 radical (unpaired) electrons. The summed E-state index contributed by atoms with van der Waals surface area (Å²) in [7, 11) is 1.35. The van der Waals surface area contributed by atoms with E-state index in [1.807, 2.05) is 36.4 Å². The first-order valence-electron chi connectivity index (χ1n) is 13.2. The molecule has 4 aromatic rings. The monoisotopic (exact) mass is 588 g/mol. The van der Waals surface area contributed by atoms with Crippen molar-refractivity contribution >= 4 is 51.6 Å². The first kappa shape index (κ1) is 28.6. The number of hydrogen-bond acceptors (Lipinski definition) is 6. The Hall–Kier alpha value is -3.95. The number of halogens is 1. The van der Waals surface area contributed by atoms with Crippen molar-refractivity contribution in [3.8, 4) is 0 Å². The van der Waals surface area contributed by atoms with E-state index in [0.29, 0.717) is 22.2 Å². The second kappa shape index (κ2) is 12.7. The highest BCUT2D eigenvalue weighted by molar-refractivity contribution is 8.00. The van der Waals surface area contributed by atoms with Crippen LogP contribution in [0.25, 0.3) is 0 Å². The molecule has 41 heavy (non-hydrogen) atoms. The molecule has 1 aliphatic rings. The lowest BCUT2D eigenvalue weighted by molar-refractivity contribution is -0.115. The van der Waals surface area contributed by atoms with Gasteiger partial charge in [-0.1, -0.05) is 55.5 Å². The van der Waals surface area contributed by atoms with E-state index in [2.05, 4.69) is 17.6 Å². The lowest BCUT2D eigenvalue weighted by Crippen LogP contribution is -2.20. The van der Waals surface area contributed by atoms with Crippen LogP contribution in [0.2, 0.25) is 0 Å². The van der Waals surface area contributed by atoms with E-state index in [1.165, 1.54) is 48.4 Å². The van der Waals surface area contributed by atoms with Crippen molar-refractivity contribution in [2.75, 3.05) is 17.7 Å². The van der Waals surface area contributed by atoms with Crippen LogP contribution in [0.3, 0.4) is 0 Å². The fraction of sp³-hybridized carbons (Fsp3) is 0.219. The molecule has 2 atom stereocenters. The van der Waals surface area contributed by atoms with Crippen molar-refractivity contribution < 1.29 is 23.5 Å². The molecule has 1 heterocycles.